The number of hydrogen-bond acceptors (Lipinski definition) is 3. The Bertz CT molecular complexity index is 828. The average molecular weight is 353 g/mol. The number of nitrogens with zero attached hydrogens (tertiary/aromatic N) is 1. The molecule has 2 aromatic carbocycles. The monoisotopic (exact) mass is 351 g/mol. The highest BCUT2D eigenvalue weighted by Gasteiger charge is 2.24. The van der Waals surface area contributed by atoms with Gasteiger partial charge in [-0.15, -0.1) is 0 Å². The van der Waals surface area contributed by atoms with E-state index in [9.17, 15) is 4.79 Å². The van der Waals surface area contributed by atoms with E-state index in [1.54, 1.807) is 36.4 Å². The number of benzene rings is 2. The first-order valence-corrected chi connectivity index (χ1v) is 7.40. The maximum atomic E-state index is 11.9. The summed E-state index contributed by atoms with van der Waals surface area (Å²) in [6.45, 7) is 0. The molecule has 1 aliphatic heterocycles. The second kappa shape index (κ2) is 6.13. The van der Waals surface area contributed by atoms with Crippen LogP contribution < -0.4 is 0 Å². The summed E-state index contributed by atoms with van der Waals surface area (Å²) in [5, 5.41) is 1.31. The third-order valence-electron chi connectivity index (χ3n) is 2.98. The molecule has 0 radical (unpaired) electrons. The maximum Gasteiger partial charge on any atom is 0.363 e. The van der Waals surface area contributed by atoms with Crippen LogP contribution in [0.2, 0.25) is 15.1 Å². The molecule has 1 aliphatic rings. The minimum absolute atomic E-state index is 0.175. The second-order valence-corrected chi connectivity index (χ2v) is 5.71. The minimum Gasteiger partial charge on any atom is -0.402 e. The Labute approximate surface area is 141 Å². The van der Waals surface area contributed by atoms with Gasteiger partial charge in [0.15, 0.2) is 5.70 Å². The number of esters is 1. The van der Waals surface area contributed by atoms with Crippen molar-refractivity contribution < 1.29 is 9.53 Å². The Hall–Kier alpha value is -1.81. The molecule has 0 amide bonds. The molecule has 3 nitrogen and oxygen atoms in total. The Morgan fingerprint density at radius 1 is 0.955 bits per heavy atom. The average Bonchev–Trinajstić information content (AvgIpc) is 2.85. The van der Waals surface area contributed by atoms with Gasteiger partial charge in [-0.1, -0.05) is 53.0 Å². The van der Waals surface area contributed by atoms with Gasteiger partial charge in [0, 0.05) is 10.6 Å². The lowest BCUT2D eigenvalue weighted by Crippen LogP contribution is -2.05. The van der Waals surface area contributed by atoms with Crippen LogP contribution in [0.5, 0.6) is 0 Å². The van der Waals surface area contributed by atoms with Crippen LogP contribution in [0.15, 0.2) is 53.2 Å². The fourth-order valence-electron chi connectivity index (χ4n) is 1.90. The molecule has 0 atom stereocenters. The smallest absolute Gasteiger partial charge is 0.363 e. The number of carbonyl (C=O) groups is 1. The van der Waals surface area contributed by atoms with Crippen molar-refractivity contribution in [2.45, 2.75) is 0 Å². The zero-order valence-corrected chi connectivity index (χ0v) is 13.3. The van der Waals surface area contributed by atoms with E-state index in [2.05, 4.69) is 4.99 Å². The molecule has 110 valence electrons. The first-order chi connectivity index (χ1) is 10.5. The van der Waals surface area contributed by atoms with Crippen LogP contribution in [0, 0.1) is 0 Å². The van der Waals surface area contributed by atoms with Gasteiger partial charge in [0.25, 0.3) is 0 Å². The zero-order chi connectivity index (χ0) is 15.7. The van der Waals surface area contributed by atoms with E-state index in [1.807, 2.05) is 12.1 Å². The Kier molecular flexibility index (Phi) is 4.21. The minimum atomic E-state index is -0.541. The van der Waals surface area contributed by atoms with Crippen LogP contribution in [-0.2, 0) is 9.53 Å². The number of ether oxygens (including phenoxy) is 1. The SMILES string of the molecule is O=C1OC(c2ccc(Cl)c(Cl)c2)=N/C1=C\c1ccccc1Cl. The number of aliphatic imine (C=N–C) groups is 1. The predicted octanol–water partition coefficient (Wildman–Crippen LogP) is 4.99. The summed E-state index contributed by atoms with van der Waals surface area (Å²) in [5.41, 5.74) is 1.44. The number of carbonyl (C=O) groups excluding carboxylic acids is 1. The number of halogens is 3. The van der Waals surface area contributed by atoms with Gasteiger partial charge in [0.2, 0.25) is 5.90 Å². The summed E-state index contributed by atoms with van der Waals surface area (Å²) < 4.78 is 5.16. The molecule has 0 saturated carbocycles. The molecule has 2 aromatic rings. The lowest BCUT2D eigenvalue weighted by atomic mass is 10.2. The van der Waals surface area contributed by atoms with Crippen LogP contribution in [0.1, 0.15) is 11.1 Å². The van der Waals surface area contributed by atoms with Crippen LogP contribution in [-0.4, -0.2) is 11.9 Å². The van der Waals surface area contributed by atoms with Crippen molar-refractivity contribution in [1.29, 1.82) is 0 Å². The van der Waals surface area contributed by atoms with Gasteiger partial charge < -0.3 is 4.74 Å². The number of hydrogen-bond donors (Lipinski definition) is 0. The molecule has 0 unspecified atom stereocenters. The van der Waals surface area contributed by atoms with Gasteiger partial charge >= 0.3 is 5.97 Å². The molecule has 0 spiro atoms. The zero-order valence-electron chi connectivity index (χ0n) is 11.0. The lowest BCUT2D eigenvalue weighted by Gasteiger charge is -2.01. The van der Waals surface area contributed by atoms with Crippen molar-refractivity contribution in [2.75, 3.05) is 0 Å². The highest BCUT2D eigenvalue weighted by atomic mass is 35.5. The summed E-state index contributed by atoms with van der Waals surface area (Å²) in [7, 11) is 0. The molecule has 0 saturated heterocycles. The standard InChI is InChI=1S/C16H8Cl3NO2/c17-11-4-2-1-3-9(11)8-14-16(21)22-15(20-14)10-5-6-12(18)13(19)7-10/h1-8H/b14-8-. The molecule has 6 heteroatoms. The molecule has 0 bridgehead atoms. The fourth-order valence-corrected chi connectivity index (χ4v) is 2.39. The van der Waals surface area contributed by atoms with E-state index in [0.29, 0.717) is 26.2 Å². The molecule has 1 heterocycles. The summed E-state index contributed by atoms with van der Waals surface area (Å²) in [6.07, 6.45) is 1.58. The van der Waals surface area contributed by atoms with Crippen LogP contribution in [0.4, 0.5) is 0 Å². The molecule has 0 fully saturated rings. The first-order valence-electron chi connectivity index (χ1n) is 6.27. The first kappa shape index (κ1) is 15.1. The van der Waals surface area contributed by atoms with Gasteiger partial charge in [-0.05, 0) is 35.9 Å². The van der Waals surface area contributed by atoms with Crippen molar-refractivity contribution in [3.63, 3.8) is 0 Å². The van der Waals surface area contributed by atoms with E-state index in [1.165, 1.54) is 0 Å². The maximum absolute atomic E-state index is 11.9. The predicted molar refractivity (Wildman–Crippen MR) is 88.5 cm³/mol. The van der Waals surface area contributed by atoms with Crippen molar-refractivity contribution in [3.05, 3.63) is 74.4 Å². The lowest BCUT2D eigenvalue weighted by molar-refractivity contribution is -0.129. The van der Waals surface area contributed by atoms with Crippen LogP contribution in [0.3, 0.4) is 0 Å². The van der Waals surface area contributed by atoms with Crippen molar-refractivity contribution >= 4 is 52.7 Å². The molecule has 0 N–H and O–H groups in total. The summed E-state index contributed by atoms with van der Waals surface area (Å²) in [4.78, 5) is 16.1. The Morgan fingerprint density at radius 2 is 1.73 bits per heavy atom. The normalized spacial score (nSPS) is 15.9. The largest absolute Gasteiger partial charge is 0.402 e. The van der Waals surface area contributed by atoms with Crippen LogP contribution >= 0.6 is 34.8 Å². The van der Waals surface area contributed by atoms with Crippen LogP contribution in [0.25, 0.3) is 6.08 Å². The van der Waals surface area contributed by atoms with Gasteiger partial charge in [-0.3, -0.25) is 0 Å². The molecular weight excluding hydrogens is 345 g/mol. The van der Waals surface area contributed by atoms with E-state index in [0.717, 1.165) is 0 Å². The van der Waals surface area contributed by atoms with Gasteiger partial charge in [0.1, 0.15) is 0 Å². The van der Waals surface area contributed by atoms with E-state index in [-0.39, 0.29) is 11.6 Å². The molecule has 0 aliphatic carbocycles. The summed E-state index contributed by atoms with van der Waals surface area (Å²) >= 11 is 17.9. The topological polar surface area (TPSA) is 38.7 Å². The third kappa shape index (κ3) is 3.02. The summed E-state index contributed by atoms with van der Waals surface area (Å²) in [6, 6.07) is 12.0. The van der Waals surface area contributed by atoms with Gasteiger partial charge in [-0.2, -0.15) is 0 Å². The fraction of sp³-hybridized carbons (Fsp3) is 0. The number of rotatable bonds is 2. The van der Waals surface area contributed by atoms with Crippen molar-refractivity contribution in [3.8, 4) is 0 Å². The highest BCUT2D eigenvalue weighted by molar-refractivity contribution is 6.42. The van der Waals surface area contributed by atoms with Crippen molar-refractivity contribution in [2.24, 2.45) is 4.99 Å². The molecular formula is C16H8Cl3NO2. The highest BCUT2D eigenvalue weighted by Crippen LogP contribution is 2.26. The molecule has 3 rings (SSSR count). The van der Waals surface area contributed by atoms with E-state index in [4.69, 9.17) is 39.5 Å². The van der Waals surface area contributed by atoms with E-state index < -0.39 is 5.97 Å². The van der Waals surface area contributed by atoms with Gasteiger partial charge in [-0.25, -0.2) is 9.79 Å². The van der Waals surface area contributed by atoms with Crippen molar-refractivity contribution in [1.82, 2.24) is 0 Å². The number of cyclic esters (lactones) is 1. The van der Waals surface area contributed by atoms with Gasteiger partial charge in [0.05, 0.1) is 10.0 Å². The second-order valence-electron chi connectivity index (χ2n) is 4.49. The molecule has 0 aromatic heterocycles. The van der Waals surface area contributed by atoms with E-state index >= 15 is 0 Å². The quantitative estimate of drug-likeness (QED) is 0.564. The third-order valence-corrected chi connectivity index (χ3v) is 4.07. The Morgan fingerprint density at radius 3 is 2.45 bits per heavy atom. The molecule has 22 heavy (non-hydrogen) atoms. The summed E-state index contributed by atoms with van der Waals surface area (Å²) in [5.74, 6) is -0.358. The Balaban J connectivity index is 1.98.